The molecular formula is C9H15N5O4. The highest BCUT2D eigenvalue weighted by atomic mass is 16.5. The van der Waals surface area contributed by atoms with Crippen LogP contribution in [0.5, 0.6) is 0 Å². The standard InChI is InChI=1S/C9H15N5O4/c1-9(5-18-2,3-8(16)17)11-7(15)4-14-6-10-12-13-14/h6H,3-5H2,1-2H3,(H,11,15)(H,16,17). The monoisotopic (exact) mass is 257 g/mol. The lowest BCUT2D eigenvalue weighted by Crippen LogP contribution is -2.51. The fraction of sp³-hybridized carbons (Fsp3) is 0.667. The number of ether oxygens (including phenoxy) is 1. The second-order valence-corrected chi connectivity index (χ2v) is 4.12. The van der Waals surface area contributed by atoms with Crippen LogP contribution < -0.4 is 5.32 Å². The first kappa shape index (κ1) is 14.0. The largest absolute Gasteiger partial charge is 0.481 e. The summed E-state index contributed by atoms with van der Waals surface area (Å²) in [5, 5.41) is 21.7. The van der Waals surface area contributed by atoms with Crippen molar-refractivity contribution in [3.05, 3.63) is 6.33 Å². The second kappa shape index (κ2) is 6.05. The molecule has 1 amide bonds. The SMILES string of the molecule is COCC(C)(CC(=O)O)NC(=O)Cn1cnnn1. The first-order chi connectivity index (χ1) is 8.45. The Morgan fingerprint density at radius 2 is 2.28 bits per heavy atom. The van der Waals surface area contributed by atoms with Gasteiger partial charge in [0.25, 0.3) is 0 Å². The Labute approximate surface area is 103 Å². The van der Waals surface area contributed by atoms with Crippen molar-refractivity contribution in [3.63, 3.8) is 0 Å². The van der Waals surface area contributed by atoms with E-state index in [1.165, 1.54) is 18.1 Å². The highest BCUT2D eigenvalue weighted by Crippen LogP contribution is 2.10. The van der Waals surface area contributed by atoms with Gasteiger partial charge < -0.3 is 15.2 Å². The first-order valence-corrected chi connectivity index (χ1v) is 5.18. The fourth-order valence-electron chi connectivity index (χ4n) is 1.56. The van der Waals surface area contributed by atoms with E-state index in [2.05, 4.69) is 20.8 Å². The van der Waals surface area contributed by atoms with Gasteiger partial charge in [-0.25, -0.2) is 4.68 Å². The van der Waals surface area contributed by atoms with Crippen molar-refractivity contribution in [2.24, 2.45) is 0 Å². The number of aromatic nitrogens is 4. The second-order valence-electron chi connectivity index (χ2n) is 4.12. The molecule has 0 bridgehead atoms. The van der Waals surface area contributed by atoms with Crippen LogP contribution >= 0.6 is 0 Å². The zero-order valence-corrected chi connectivity index (χ0v) is 10.2. The number of carboxylic acid groups (broad SMARTS) is 1. The van der Waals surface area contributed by atoms with Crippen LogP contribution in [-0.2, 0) is 20.9 Å². The van der Waals surface area contributed by atoms with Crippen LogP contribution in [0.3, 0.4) is 0 Å². The molecule has 0 aliphatic carbocycles. The van der Waals surface area contributed by atoms with Crippen molar-refractivity contribution in [1.82, 2.24) is 25.5 Å². The van der Waals surface area contributed by atoms with Crippen molar-refractivity contribution in [1.29, 1.82) is 0 Å². The molecule has 1 aromatic rings. The summed E-state index contributed by atoms with van der Waals surface area (Å²) in [6.45, 7) is 1.62. The first-order valence-electron chi connectivity index (χ1n) is 5.18. The van der Waals surface area contributed by atoms with Gasteiger partial charge in [0.2, 0.25) is 5.91 Å². The van der Waals surface area contributed by atoms with Crippen LogP contribution in [0.4, 0.5) is 0 Å². The summed E-state index contributed by atoms with van der Waals surface area (Å²) in [4.78, 5) is 22.5. The van der Waals surface area contributed by atoms with E-state index in [1.54, 1.807) is 6.92 Å². The van der Waals surface area contributed by atoms with Gasteiger partial charge in [0.1, 0.15) is 12.9 Å². The van der Waals surface area contributed by atoms with Gasteiger partial charge in [0.15, 0.2) is 0 Å². The summed E-state index contributed by atoms with van der Waals surface area (Å²) in [6, 6.07) is 0. The number of methoxy groups -OCH3 is 1. The molecular weight excluding hydrogens is 242 g/mol. The van der Waals surface area contributed by atoms with Crippen LogP contribution in [0.2, 0.25) is 0 Å². The van der Waals surface area contributed by atoms with E-state index in [9.17, 15) is 9.59 Å². The maximum atomic E-state index is 11.7. The number of amides is 1. The van der Waals surface area contributed by atoms with Gasteiger partial charge in [0, 0.05) is 7.11 Å². The van der Waals surface area contributed by atoms with E-state index >= 15 is 0 Å². The third kappa shape index (κ3) is 4.45. The number of aliphatic carboxylic acids is 1. The highest BCUT2D eigenvalue weighted by Gasteiger charge is 2.29. The van der Waals surface area contributed by atoms with Crippen molar-refractivity contribution in [2.75, 3.05) is 13.7 Å². The number of hydrogen-bond acceptors (Lipinski definition) is 6. The Kier molecular flexibility index (Phi) is 4.72. The maximum absolute atomic E-state index is 11.7. The van der Waals surface area contributed by atoms with E-state index in [0.29, 0.717) is 0 Å². The number of carbonyl (C=O) groups is 2. The number of carboxylic acids is 1. The van der Waals surface area contributed by atoms with Crippen molar-refractivity contribution in [3.8, 4) is 0 Å². The minimum atomic E-state index is -1.02. The van der Waals surface area contributed by atoms with E-state index in [1.807, 2.05) is 0 Å². The molecule has 1 rings (SSSR count). The van der Waals surface area contributed by atoms with Crippen LogP contribution in [0.1, 0.15) is 13.3 Å². The van der Waals surface area contributed by atoms with Gasteiger partial charge in [0.05, 0.1) is 18.6 Å². The molecule has 0 fully saturated rings. The van der Waals surface area contributed by atoms with Gasteiger partial charge in [-0.15, -0.1) is 5.10 Å². The molecule has 0 saturated heterocycles. The van der Waals surface area contributed by atoms with Gasteiger partial charge in [-0.3, -0.25) is 9.59 Å². The van der Waals surface area contributed by atoms with Crippen LogP contribution in [0.15, 0.2) is 6.33 Å². The molecule has 1 unspecified atom stereocenters. The Morgan fingerprint density at radius 1 is 1.56 bits per heavy atom. The zero-order valence-electron chi connectivity index (χ0n) is 10.2. The number of hydrogen-bond donors (Lipinski definition) is 2. The summed E-state index contributed by atoms with van der Waals surface area (Å²) < 4.78 is 6.16. The van der Waals surface area contributed by atoms with E-state index in [-0.39, 0.29) is 25.5 Å². The predicted molar refractivity (Wildman–Crippen MR) is 58.5 cm³/mol. The Bertz CT molecular complexity index is 407. The molecule has 9 heteroatoms. The molecule has 18 heavy (non-hydrogen) atoms. The van der Waals surface area contributed by atoms with Gasteiger partial charge in [-0.1, -0.05) is 0 Å². The molecule has 1 heterocycles. The summed E-state index contributed by atoms with van der Waals surface area (Å²) >= 11 is 0. The predicted octanol–water partition coefficient (Wildman–Crippen LogP) is -1.33. The van der Waals surface area contributed by atoms with Gasteiger partial charge in [-0.2, -0.15) is 0 Å². The minimum absolute atomic E-state index is 0.0775. The summed E-state index contributed by atoms with van der Waals surface area (Å²) in [5.74, 6) is -1.40. The van der Waals surface area contributed by atoms with E-state index in [0.717, 1.165) is 0 Å². The summed E-state index contributed by atoms with van der Waals surface area (Å²) in [6.07, 6.45) is 1.06. The Hall–Kier alpha value is -2.03. The smallest absolute Gasteiger partial charge is 0.305 e. The number of tetrazole rings is 1. The lowest BCUT2D eigenvalue weighted by Gasteiger charge is -2.28. The van der Waals surface area contributed by atoms with Gasteiger partial charge in [-0.05, 0) is 17.4 Å². The minimum Gasteiger partial charge on any atom is -0.481 e. The van der Waals surface area contributed by atoms with Crippen molar-refractivity contribution >= 4 is 11.9 Å². The molecule has 0 aliphatic heterocycles. The van der Waals surface area contributed by atoms with Crippen molar-refractivity contribution in [2.45, 2.75) is 25.4 Å². The fourth-order valence-corrected chi connectivity index (χ4v) is 1.56. The molecule has 0 radical (unpaired) electrons. The average molecular weight is 257 g/mol. The Morgan fingerprint density at radius 3 is 2.78 bits per heavy atom. The quantitative estimate of drug-likeness (QED) is 0.621. The molecule has 1 atom stereocenters. The number of carbonyl (C=O) groups excluding carboxylic acids is 1. The molecule has 1 aromatic heterocycles. The molecule has 0 spiro atoms. The molecule has 0 aliphatic rings. The number of nitrogens with one attached hydrogen (secondary N) is 1. The summed E-state index contributed by atoms with van der Waals surface area (Å²) in [5.41, 5.74) is -0.967. The Balaban J connectivity index is 2.59. The molecule has 2 N–H and O–H groups in total. The third-order valence-corrected chi connectivity index (χ3v) is 2.14. The average Bonchev–Trinajstić information content (AvgIpc) is 2.67. The van der Waals surface area contributed by atoms with Crippen molar-refractivity contribution < 1.29 is 19.4 Å². The highest BCUT2D eigenvalue weighted by molar-refractivity contribution is 5.78. The maximum Gasteiger partial charge on any atom is 0.305 e. The molecule has 9 nitrogen and oxygen atoms in total. The molecule has 0 saturated carbocycles. The van der Waals surface area contributed by atoms with Crippen LogP contribution in [0, 0.1) is 0 Å². The number of rotatable bonds is 7. The topological polar surface area (TPSA) is 119 Å². The van der Waals surface area contributed by atoms with Crippen LogP contribution in [-0.4, -0.2) is 56.4 Å². The summed E-state index contributed by atoms with van der Waals surface area (Å²) in [7, 11) is 1.44. The zero-order chi connectivity index (χ0) is 13.6. The molecule has 0 aromatic carbocycles. The van der Waals surface area contributed by atoms with Crippen LogP contribution in [0.25, 0.3) is 0 Å². The normalized spacial score (nSPS) is 13.9. The van der Waals surface area contributed by atoms with E-state index in [4.69, 9.17) is 9.84 Å². The van der Waals surface area contributed by atoms with E-state index < -0.39 is 11.5 Å². The third-order valence-electron chi connectivity index (χ3n) is 2.14. The van der Waals surface area contributed by atoms with Gasteiger partial charge >= 0.3 is 5.97 Å². The lowest BCUT2D eigenvalue weighted by atomic mass is 9.99. The molecule has 100 valence electrons. The lowest BCUT2D eigenvalue weighted by molar-refractivity contribution is -0.139. The number of nitrogens with zero attached hydrogens (tertiary/aromatic N) is 4.